The van der Waals surface area contributed by atoms with Crippen molar-refractivity contribution in [3.63, 3.8) is 0 Å². The predicted molar refractivity (Wildman–Crippen MR) is 131 cm³/mol. The molecule has 0 saturated carbocycles. The average Bonchev–Trinajstić information content (AvgIpc) is 2.90. The van der Waals surface area contributed by atoms with Gasteiger partial charge in [0.05, 0.1) is 23.4 Å². The number of hydrazine groups is 1. The molecule has 2 aromatic carbocycles. The van der Waals surface area contributed by atoms with Crippen molar-refractivity contribution in [2.75, 3.05) is 11.9 Å². The third-order valence-electron chi connectivity index (χ3n) is 5.22. The minimum absolute atomic E-state index is 0.385. The zero-order chi connectivity index (χ0) is 24.8. The number of carbonyl (C=O) groups excluding carboxylic acids is 1. The SMILES string of the molecule is NNC(=O)c1cc(-c2ccc(C#Cc3ccc(NC(CO)C(=O)O)cc3)cc2)nc2ccncc12. The molecule has 9 heteroatoms. The summed E-state index contributed by atoms with van der Waals surface area (Å²) in [6, 6.07) is 16.7. The van der Waals surface area contributed by atoms with Crippen molar-refractivity contribution in [1.29, 1.82) is 0 Å². The van der Waals surface area contributed by atoms with E-state index in [4.69, 9.17) is 16.1 Å². The number of benzene rings is 2. The summed E-state index contributed by atoms with van der Waals surface area (Å²) in [5, 5.41) is 21.5. The molecule has 35 heavy (non-hydrogen) atoms. The first-order valence-corrected chi connectivity index (χ1v) is 10.6. The van der Waals surface area contributed by atoms with E-state index in [1.54, 1.807) is 48.8 Å². The summed E-state index contributed by atoms with van der Waals surface area (Å²) < 4.78 is 0. The maximum atomic E-state index is 12.3. The first kappa shape index (κ1) is 23.4. The molecule has 2 heterocycles. The number of hydrogen-bond acceptors (Lipinski definition) is 7. The molecular formula is C26H21N5O4. The number of nitrogens with two attached hydrogens (primary N) is 1. The molecule has 0 bridgehead atoms. The van der Waals surface area contributed by atoms with Crippen LogP contribution in [0.4, 0.5) is 5.69 Å². The molecule has 4 aromatic rings. The van der Waals surface area contributed by atoms with Crippen molar-refractivity contribution in [2.45, 2.75) is 6.04 Å². The molecule has 6 N–H and O–H groups in total. The maximum absolute atomic E-state index is 12.3. The molecule has 0 saturated heterocycles. The van der Waals surface area contributed by atoms with Gasteiger partial charge in [0, 0.05) is 40.2 Å². The van der Waals surface area contributed by atoms with Crippen LogP contribution in [0.1, 0.15) is 21.5 Å². The van der Waals surface area contributed by atoms with Crippen molar-refractivity contribution < 1.29 is 19.8 Å². The molecular weight excluding hydrogens is 446 g/mol. The number of hydrogen-bond donors (Lipinski definition) is 5. The number of anilines is 1. The van der Waals surface area contributed by atoms with E-state index >= 15 is 0 Å². The Morgan fingerprint density at radius 3 is 2.26 bits per heavy atom. The summed E-state index contributed by atoms with van der Waals surface area (Å²) in [7, 11) is 0. The van der Waals surface area contributed by atoms with Gasteiger partial charge in [0.25, 0.3) is 5.91 Å². The van der Waals surface area contributed by atoms with Gasteiger partial charge in [-0.15, -0.1) is 0 Å². The molecule has 1 atom stereocenters. The van der Waals surface area contributed by atoms with E-state index in [2.05, 4.69) is 32.6 Å². The second kappa shape index (κ2) is 10.4. The Bertz CT molecular complexity index is 1440. The molecule has 9 nitrogen and oxygen atoms in total. The molecule has 0 spiro atoms. The molecule has 1 amide bonds. The van der Waals surface area contributed by atoms with Gasteiger partial charge in [-0.05, 0) is 48.5 Å². The number of aliphatic hydroxyl groups is 1. The molecule has 0 aliphatic heterocycles. The number of fused-ring (bicyclic) bond motifs is 1. The highest BCUT2D eigenvalue weighted by atomic mass is 16.4. The highest BCUT2D eigenvalue weighted by Gasteiger charge is 2.15. The van der Waals surface area contributed by atoms with Crippen LogP contribution >= 0.6 is 0 Å². The summed E-state index contributed by atoms with van der Waals surface area (Å²) >= 11 is 0. The van der Waals surface area contributed by atoms with Crippen LogP contribution in [0.5, 0.6) is 0 Å². The third kappa shape index (κ3) is 5.42. The van der Waals surface area contributed by atoms with E-state index < -0.39 is 24.5 Å². The normalized spacial score (nSPS) is 11.3. The van der Waals surface area contributed by atoms with Gasteiger partial charge in [0.2, 0.25) is 0 Å². The monoisotopic (exact) mass is 467 g/mol. The van der Waals surface area contributed by atoms with Crippen LogP contribution in [0.15, 0.2) is 73.1 Å². The van der Waals surface area contributed by atoms with Crippen molar-refractivity contribution in [2.24, 2.45) is 5.84 Å². The average molecular weight is 467 g/mol. The Kier molecular flexibility index (Phi) is 6.97. The highest BCUT2D eigenvalue weighted by molar-refractivity contribution is 6.06. The zero-order valence-corrected chi connectivity index (χ0v) is 18.4. The fourth-order valence-corrected chi connectivity index (χ4v) is 3.39. The van der Waals surface area contributed by atoms with Gasteiger partial charge >= 0.3 is 5.97 Å². The second-order valence-corrected chi connectivity index (χ2v) is 7.54. The fraction of sp³-hybridized carbons (Fsp3) is 0.0769. The lowest BCUT2D eigenvalue weighted by Gasteiger charge is -2.12. The quantitative estimate of drug-likeness (QED) is 0.125. The summed E-state index contributed by atoms with van der Waals surface area (Å²) in [5.41, 5.74) is 6.71. The van der Waals surface area contributed by atoms with Gasteiger partial charge in [-0.3, -0.25) is 15.2 Å². The fourth-order valence-electron chi connectivity index (χ4n) is 3.39. The molecule has 0 fully saturated rings. The van der Waals surface area contributed by atoms with Crippen LogP contribution in [-0.4, -0.2) is 44.7 Å². The second-order valence-electron chi connectivity index (χ2n) is 7.54. The van der Waals surface area contributed by atoms with Gasteiger partial charge in [-0.1, -0.05) is 24.0 Å². The third-order valence-corrected chi connectivity index (χ3v) is 5.22. The lowest BCUT2D eigenvalue weighted by molar-refractivity contribution is -0.138. The number of carboxylic acids is 1. The molecule has 0 aliphatic carbocycles. The largest absolute Gasteiger partial charge is 0.480 e. The molecule has 2 aromatic heterocycles. The lowest BCUT2D eigenvalue weighted by Crippen LogP contribution is -2.32. The van der Waals surface area contributed by atoms with Crippen LogP contribution in [0.25, 0.3) is 22.2 Å². The van der Waals surface area contributed by atoms with Crippen LogP contribution in [-0.2, 0) is 4.79 Å². The van der Waals surface area contributed by atoms with Gasteiger partial charge in [0.15, 0.2) is 0 Å². The van der Waals surface area contributed by atoms with E-state index in [1.807, 2.05) is 24.3 Å². The topological polar surface area (TPSA) is 150 Å². The van der Waals surface area contributed by atoms with Crippen LogP contribution < -0.4 is 16.6 Å². The number of amides is 1. The smallest absolute Gasteiger partial charge is 0.328 e. The number of nitrogens with zero attached hydrogens (tertiary/aromatic N) is 2. The Morgan fingerprint density at radius 2 is 1.66 bits per heavy atom. The number of nitrogen functional groups attached to an aromatic ring is 1. The molecule has 0 aliphatic rings. The zero-order valence-electron chi connectivity index (χ0n) is 18.4. The van der Waals surface area contributed by atoms with E-state index in [1.165, 1.54) is 0 Å². The Labute approximate surface area is 200 Å². The first-order chi connectivity index (χ1) is 17.0. The van der Waals surface area contributed by atoms with Crippen LogP contribution in [0, 0.1) is 11.8 Å². The number of aromatic nitrogens is 2. The predicted octanol–water partition coefficient (Wildman–Crippen LogP) is 2.16. The van der Waals surface area contributed by atoms with Gasteiger partial charge in [-0.25, -0.2) is 15.6 Å². The number of pyridine rings is 2. The van der Waals surface area contributed by atoms with Gasteiger partial charge in [0.1, 0.15) is 6.04 Å². The van der Waals surface area contributed by atoms with Crippen LogP contribution in [0.2, 0.25) is 0 Å². The van der Waals surface area contributed by atoms with Crippen LogP contribution in [0.3, 0.4) is 0 Å². The van der Waals surface area contributed by atoms with Gasteiger partial charge in [-0.2, -0.15) is 0 Å². The van der Waals surface area contributed by atoms with Crippen molar-refractivity contribution in [1.82, 2.24) is 15.4 Å². The Balaban J connectivity index is 1.53. The summed E-state index contributed by atoms with van der Waals surface area (Å²) in [4.78, 5) is 32.0. The number of nitrogens with one attached hydrogen (secondary N) is 2. The lowest BCUT2D eigenvalue weighted by atomic mass is 10.0. The Hall–Kier alpha value is -4.78. The Morgan fingerprint density at radius 1 is 1.00 bits per heavy atom. The van der Waals surface area contributed by atoms with E-state index in [0.717, 1.165) is 16.7 Å². The standard InChI is InChI=1S/C26H21N5O4/c27-31-25(33)20-13-23(30-22-11-12-28-14-21(20)22)18-7-3-16(4-8-18)1-2-17-5-9-19(10-6-17)29-24(15-32)26(34)35/h3-14,24,29,32H,15,27H2,(H,31,33)(H,34,35). The molecule has 174 valence electrons. The summed E-state index contributed by atoms with van der Waals surface area (Å²) in [6.07, 6.45) is 3.19. The highest BCUT2D eigenvalue weighted by Crippen LogP contribution is 2.24. The summed E-state index contributed by atoms with van der Waals surface area (Å²) in [5.74, 6) is 9.93. The molecule has 0 radical (unpaired) electrons. The van der Waals surface area contributed by atoms with Gasteiger partial charge < -0.3 is 15.5 Å². The van der Waals surface area contributed by atoms with Crippen molar-refractivity contribution in [3.05, 3.63) is 89.7 Å². The maximum Gasteiger partial charge on any atom is 0.328 e. The first-order valence-electron chi connectivity index (χ1n) is 10.6. The molecule has 4 rings (SSSR count). The van der Waals surface area contributed by atoms with E-state index in [0.29, 0.717) is 27.8 Å². The van der Waals surface area contributed by atoms with Crippen molar-refractivity contribution in [3.8, 4) is 23.1 Å². The molecule has 1 unspecified atom stereocenters. The van der Waals surface area contributed by atoms with E-state index in [-0.39, 0.29) is 0 Å². The summed E-state index contributed by atoms with van der Waals surface area (Å²) in [6.45, 7) is -0.514. The number of carboxylic acid groups (broad SMARTS) is 1. The van der Waals surface area contributed by atoms with E-state index in [9.17, 15) is 9.59 Å². The van der Waals surface area contributed by atoms with Crippen molar-refractivity contribution >= 4 is 28.5 Å². The number of rotatable bonds is 6. The minimum atomic E-state index is -1.13. The minimum Gasteiger partial charge on any atom is -0.480 e. The number of aliphatic carboxylic acids is 1. The number of aliphatic hydroxyl groups excluding tert-OH is 1. The number of carbonyl (C=O) groups is 2.